The van der Waals surface area contributed by atoms with Crippen LogP contribution in [0.5, 0.6) is 0 Å². The molecule has 3 N–H and O–H groups in total. The van der Waals surface area contributed by atoms with Crippen LogP contribution in [0.1, 0.15) is 32.1 Å². The van der Waals surface area contributed by atoms with Gasteiger partial charge in [-0.2, -0.15) is 0 Å². The van der Waals surface area contributed by atoms with Gasteiger partial charge in [0, 0.05) is 18.3 Å². The van der Waals surface area contributed by atoms with Gasteiger partial charge in [0.1, 0.15) is 0 Å². The molecule has 0 amide bonds. The lowest BCUT2D eigenvalue weighted by molar-refractivity contribution is -0.187. The molecule has 0 bridgehead atoms. The molecule has 0 spiro atoms. The van der Waals surface area contributed by atoms with E-state index in [9.17, 15) is 22.7 Å². The fraction of sp³-hybridized carbons (Fsp3) is 1.00. The third-order valence-corrected chi connectivity index (χ3v) is 4.34. The largest absolute Gasteiger partial charge is 0.388 e. The Kier molecular flexibility index (Phi) is 2.75. The molecule has 6 heteroatoms. The van der Waals surface area contributed by atoms with E-state index in [4.69, 9.17) is 5.73 Å². The number of hydrogen-bond acceptors (Lipinski definition) is 2. The van der Waals surface area contributed by atoms with Crippen molar-refractivity contribution in [1.82, 2.24) is 0 Å². The molecule has 0 saturated heterocycles. The highest BCUT2D eigenvalue weighted by Gasteiger charge is 2.66. The molecule has 2 rings (SSSR count). The lowest BCUT2D eigenvalue weighted by Crippen LogP contribution is -2.69. The maximum Gasteiger partial charge on any atom is 0.250 e. The summed E-state index contributed by atoms with van der Waals surface area (Å²) in [5, 5.41) is 10.2. The van der Waals surface area contributed by atoms with Crippen molar-refractivity contribution in [3.8, 4) is 0 Å². The van der Waals surface area contributed by atoms with Crippen LogP contribution in [0.2, 0.25) is 0 Å². The summed E-state index contributed by atoms with van der Waals surface area (Å²) in [6.07, 6.45) is -1.32. The van der Waals surface area contributed by atoms with Crippen molar-refractivity contribution in [2.45, 2.75) is 49.2 Å². The molecule has 2 saturated carbocycles. The first kappa shape index (κ1) is 13.1. The molecular weight excluding hydrogens is 238 g/mol. The van der Waals surface area contributed by atoms with E-state index in [2.05, 4.69) is 0 Å². The van der Waals surface area contributed by atoms with Crippen molar-refractivity contribution < 1.29 is 22.7 Å². The van der Waals surface area contributed by atoms with Gasteiger partial charge in [0.2, 0.25) is 5.92 Å². The van der Waals surface area contributed by atoms with Crippen LogP contribution in [0.15, 0.2) is 0 Å². The number of hydrogen-bond donors (Lipinski definition) is 2. The average Bonchev–Trinajstić information content (AvgIpc) is 2.49. The minimum absolute atomic E-state index is 0.00878. The van der Waals surface area contributed by atoms with E-state index in [-0.39, 0.29) is 25.7 Å². The zero-order chi connectivity index (χ0) is 12.9. The maximum absolute atomic E-state index is 13.1. The van der Waals surface area contributed by atoms with E-state index in [1.165, 1.54) is 0 Å². The second-order valence-corrected chi connectivity index (χ2v) is 5.84. The normalized spacial score (nSPS) is 37.8. The van der Waals surface area contributed by atoms with Crippen molar-refractivity contribution in [3.63, 3.8) is 0 Å². The van der Waals surface area contributed by atoms with Crippen LogP contribution in [-0.4, -0.2) is 35.5 Å². The van der Waals surface area contributed by atoms with Gasteiger partial charge >= 0.3 is 0 Å². The van der Waals surface area contributed by atoms with Crippen molar-refractivity contribution in [2.24, 2.45) is 11.1 Å². The number of halogens is 4. The van der Waals surface area contributed by atoms with Gasteiger partial charge in [0.25, 0.3) is 0 Å². The fourth-order valence-corrected chi connectivity index (χ4v) is 3.21. The van der Waals surface area contributed by atoms with Crippen LogP contribution in [-0.2, 0) is 0 Å². The lowest BCUT2D eigenvalue weighted by Gasteiger charge is -2.57. The molecule has 2 fully saturated rings. The molecule has 17 heavy (non-hydrogen) atoms. The first-order chi connectivity index (χ1) is 7.70. The maximum atomic E-state index is 13.1. The van der Waals surface area contributed by atoms with Crippen LogP contribution in [0.25, 0.3) is 0 Å². The van der Waals surface area contributed by atoms with E-state index in [1.54, 1.807) is 0 Å². The first-order valence-electron chi connectivity index (χ1n) is 5.71. The Morgan fingerprint density at radius 2 is 1.53 bits per heavy atom. The highest BCUT2D eigenvalue weighted by molar-refractivity contribution is 5.19. The van der Waals surface area contributed by atoms with Crippen LogP contribution >= 0.6 is 0 Å². The predicted octanol–water partition coefficient (Wildman–Crippen LogP) is 1.95. The summed E-state index contributed by atoms with van der Waals surface area (Å²) in [5.41, 5.74) is 1.66. The molecule has 2 nitrogen and oxygen atoms in total. The molecule has 100 valence electrons. The number of nitrogens with two attached hydrogens (primary N) is 1. The highest BCUT2D eigenvalue weighted by atomic mass is 19.3. The molecule has 0 radical (unpaired) electrons. The fourth-order valence-electron chi connectivity index (χ4n) is 3.21. The summed E-state index contributed by atoms with van der Waals surface area (Å²) in [4.78, 5) is 0. The Morgan fingerprint density at radius 1 is 1.00 bits per heavy atom. The van der Waals surface area contributed by atoms with Crippen molar-refractivity contribution in [1.29, 1.82) is 0 Å². The first-order valence-corrected chi connectivity index (χ1v) is 5.71. The van der Waals surface area contributed by atoms with Gasteiger partial charge in [0.05, 0.1) is 24.5 Å². The topological polar surface area (TPSA) is 46.2 Å². The highest BCUT2D eigenvalue weighted by Crippen LogP contribution is 2.58. The van der Waals surface area contributed by atoms with Crippen molar-refractivity contribution >= 4 is 0 Å². The molecule has 2 aliphatic carbocycles. The zero-order valence-corrected chi connectivity index (χ0v) is 9.49. The Labute approximate surface area is 97.2 Å². The van der Waals surface area contributed by atoms with E-state index < -0.39 is 42.2 Å². The zero-order valence-electron chi connectivity index (χ0n) is 9.49. The van der Waals surface area contributed by atoms with Gasteiger partial charge in [0.15, 0.2) is 0 Å². The van der Waals surface area contributed by atoms with E-state index >= 15 is 0 Å². The summed E-state index contributed by atoms with van der Waals surface area (Å²) in [5.74, 6) is -2.88. The van der Waals surface area contributed by atoms with E-state index in [0.29, 0.717) is 0 Å². The minimum Gasteiger partial charge on any atom is -0.388 e. The number of aliphatic hydroxyl groups is 1. The summed E-state index contributed by atoms with van der Waals surface area (Å²) in [6.45, 7) is -1.78. The Morgan fingerprint density at radius 3 is 1.88 bits per heavy atom. The van der Waals surface area contributed by atoms with Crippen LogP contribution in [0.3, 0.4) is 0 Å². The van der Waals surface area contributed by atoms with Gasteiger partial charge in [-0.05, 0) is 19.3 Å². The van der Waals surface area contributed by atoms with E-state index in [0.717, 1.165) is 0 Å². The quantitative estimate of drug-likeness (QED) is 0.757. The molecule has 0 aromatic heterocycles. The predicted molar refractivity (Wildman–Crippen MR) is 54.3 cm³/mol. The molecule has 0 heterocycles. The van der Waals surface area contributed by atoms with Gasteiger partial charge in [-0.3, -0.25) is 8.78 Å². The summed E-state index contributed by atoms with van der Waals surface area (Å²) < 4.78 is 51.6. The monoisotopic (exact) mass is 255 g/mol. The number of rotatable bonds is 3. The minimum atomic E-state index is -2.88. The summed E-state index contributed by atoms with van der Waals surface area (Å²) in [7, 11) is 0. The second kappa shape index (κ2) is 3.57. The van der Waals surface area contributed by atoms with Crippen LogP contribution < -0.4 is 5.73 Å². The second-order valence-electron chi connectivity index (χ2n) is 5.84. The molecule has 0 aromatic carbocycles. The standard InChI is InChI=1S/C11H17F4NO/c12-6-8(7-13)3-10(17,4-8)9(16)1-2-11(14,15)5-9/h17H,1-7,16H2. The lowest BCUT2D eigenvalue weighted by atomic mass is 9.53. The average molecular weight is 255 g/mol. The van der Waals surface area contributed by atoms with Crippen LogP contribution in [0, 0.1) is 5.41 Å². The van der Waals surface area contributed by atoms with Crippen molar-refractivity contribution in [2.75, 3.05) is 13.3 Å². The van der Waals surface area contributed by atoms with Crippen LogP contribution in [0.4, 0.5) is 17.6 Å². The molecule has 2 aliphatic rings. The van der Waals surface area contributed by atoms with Gasteiger partial charge in [-0.15, -0.1) is 0 Å². The van der Waals surface area contributed by atoms with Crippen molar-refractivity contribution in [3.05, 3.63) is 0 Å². The van der Waals surface area contributed by atoms with Gasteiger partial charge in [-0.25, -0.2) is 8.78 Å². The summed E-state index contributed by atoms with van der Waals surface area (Å²) >= 11 is 0. The third-order valence-electron chi connectivity index (χ3n) is 4.34. The Hall–Kier alpha value is -0.360. The molecule has 1 unspecified atom stereocenters. The molecule has 0 aromatic rings. The Balaban J connectivity index is 2.10. The number of alkyl halides is 4. The van der Waals surface area contributed by atoms with Gasteiger partial charge < -0.3 is 10.8 Å². The van der Waals surface area contributed by atoms with E-state index in [1.807, 2.05) is 0 Å². The summed E-state index contributed by atoms with van der Waals surface area (Å²) in [6, 6.07) is 0. The molecular formula is C11H17F4NO. The smallest absolute Gasteiger partial charge is 0.250 e. The SMILES string of the molecule is NC1(C2(O)CC(CF)(CF)C2)CCC(F)(F)C1. The molecule has 1 atom stereocenters. The third kappa shape index (κ3) is 1.85. The Bertz CT molecular complexity index is 311. The molecule has 0 aliphatic heterocycles. The van der Waals surface area contributed by atoms with Gasteiger partial charge in [-0.1, -0.05) is 0 Å².